The molecule has 1 heterocycles. The van der Waals surface area contributed by atoms with Crippen LogP contribution in [0.2, 0.25) is 0 Å². The first kappa shape index (κ1) is 17.3. The quantitative estimate of drug-likeness (QED) is 0.842. The van der Waals surface area contributed by atoms with Crippen LogP contribution in [0.25, 0.3) is 0 Å². The first-order valence-corrected chi connectivity index (χ1v) is 7.88. The fourth-order valence-electron chi connectivity index (χ4n) is 2.74. The molecule has 118 valence electrons. The Labute approximate surface area is 124 Å². The SMILES string of the molecule is CNC(CCC(C)C)C1CCN(C(=O)OC(C)(C)C)C1. The number of ether oxygens (including phenoxy) is 1. The summed E-state index contributed by atoms with van der Waals surface area (Å²) in [6.45, 7) is 11.9. The third-order valence-corrected chi connectivity index (χ3v) is 3.87. The molecule has 1 aliphatic rings. The van der Waals surface area contributed by atoms with Gasteiger partial charge < -0.3 is 15.0 Å². The van der Waals surface area contributed by atoms with Gasteiger partial charge in [0.05, 0.1) is 0 Å². The molecule has 4 heteroatoms. The van der Waals surface area contributed by atoms with Crippen LogP contribution in [0.3, 0.4) is 0 Å². The molecule has 2 unspecified atom stereocenters. The number of carbonyl (C=O) groups is 1. The Morgan fingerprint density at radius 1 is 1.35 bits per heavy atom. The molecule has 0 aliphatic carbocycles. The highest BCUT2D eigenvalue weighted by Crippen LogP contribution is 2.25. The summed E-state index contributed by atoms with van der Waals surface area (Å²) in [6, 6.07) is 0.504. The van der Waals surface area contributed by atoms with Crippen LogP contribution < -0.4 is 5.32 Å². The van der Waals surface area contributed by atoms with Crippen molar-refractivity contribution in [2.45, 2.75) is 65.5 Å². The number of amides is 1. The van der Waals surface area contributed by atoms with Crippen LogP contribution in [0.15, 0.2) is 0 Å². The van der Waals surface area contributed by atoms with E-state index in [-0.39, 0.29) is 6.09 Å². The van der Waals surface area contributed by atoms with E-state index in [0.717, 1.165) is 25.4 Å². The van der Waals surface area contributed by atoms with Crippen molar-refractivity contribution < 1.29 is 9.53 Å². The molecule has 0 spiro atoms. The highest BCUT2D eigenvalue weighted by molar-refractivity contribution is 5.68. The van der Waals surface area contributed by atoms with Crippen molar-refractivity contribution in [1.82, 2.24) is 10.2 Å². The van der Waals surface area contributed by atoms with Gasteiger partial charge in [0.25, 0.3) is 0 Å². The van der Waals surface area contributed by atoms with Gasteiger partial charge in [-0.25, -0.2) is 4.79 Å². The summed E-state index contributed by atoms with van der Waals surface area (Å²) in [5.74, 6) is 1.28. The Bertz CT molecular complexity index is 310. The number of hydrogen-bond acceptors (Lipinski definition) is 3. The number of hydrogen-bond donors (Lipinski definition) is 1. The first-order valence-electron chi connectivity index (χ1n) is 7.88. The van der Waals surface area contributed by atoms with E-state index in [9.17, 15) is 4.79 Å². The van der Waals surface area contributed by atoms with E-state index in [1.54, 1.807) is 0 Å². The number of carbonyl (C=O) groups excluding carboxylic acids is 1. The van der Waals surface area contributed by atoms with Crippen molar-refractivity contribution in [3.8, 4) is 0 Å². The third-order valence-electron chi connectivity index (χ3n) is 3.87. The molecule has 0 radical (unpaired) electrons. The smallest absolute Gasteiger partial charge is 0.410 e. The predicted molar refractivity (Wildman–Crippen MR) is 82.8 cm³/mol. The summed E-state index contributed by atoms with van der Waals surface area (Å²) >= 11 is 0. The van der Waals surface area contributed by atoms with Crippen molar-refractivity contribution in [3.05, 3.63) is 0 Å². The molecule has 0 aromatic rings. The largest absolute Gasteiger partial charge is 0.444 e. The zero-order chi connectivity index (χ0) is 15.3. The van der Waals surface area contributed by atoms with E-state index in [1.807, 2.05) is 32.7 Å². The molecular formula is C16H32N2O2. The van der Waals surface area contributed by atoms with Crippen LogP contribution in [0, 0.1) is 11.8 Å². The molecule has 1 saturated heterocycles. The summed E-state index contributed by atoms with van der Waals surface area (Å²) in [5, 5.41) is 3.43. The zero-order valence-corrected chi connectivity index (χ0v) is 14.0. The topological polar surface area (TPSA) is 41.6 Å². The van der Waals surface area contributed by atoms with Gasteiger partial charge in [-0.2, -0.15) is 0 Å². The fourth-order valence-corrected chi connectivity index (χ4v) is 2.74. The monoisotopic (exact) mass is 284 g/mol. The maximum atomic E-state index is 12.1. The summed E-state index contributed by atoms with van der Waals surface area (Å²) in [4.78, 5) is 13.9. The minimum atomic E-state index is -0.408. The van der Waals surface area contributed by atoms with Gasteiger partial charge in [-0.3, -0.25) is 0 Å². The minimum Gasteiger partial charge on any atom is -0.444 e. The second kappa shape index (κ2) is 7.30. The maximum absolute atomic E-state index is 12.1. The molecular weight excluding hydrogens is 252 g/mol. The number of likely N-dealkylation sites (tertiary alicyclic amines) is 1. The van der Waals surface area contributed by atoms with Crippen molar-refractivity contribution in [2.24, 2.45) is 11.8 Å². The summed E-state index contributed by atoms with van der Waals surface area (Å²) in [6.07, 6.45) is 3.32. The molecule has 0 aromatic carbocycles. The summed E-state index contributed by atoms with van der Waals surface area (Å²) < 4.78 is 5.45. The number of nitrogens with zero attached hydrogens (tertiary/aromatic N) is 1. The summed E-state index contributed by atoms with van der Waals surface area (Å²) in [5.41, 5.74) is -0.408. The Morgan fingerprint density at radius 3 is 2.50 bits per heavy atom. The van der Waals surface area contributed by atoms with Crippen LogP contribution in [-0.2, 0) is 4.74 Å². The van der Waals surface area contributed by atoms with Crippen LogP contribution in [0.5, 0.6) is 0 Å². The van der Waals surface area contributed by atoms with Crippen molar-refractivity contribution >= 4 is 6.09 Å². The van der Waals surface area contributed by atoms with Gasteiger partial charge in [0.2, 0.25) is 0 Å². The van der Waals surface area contributed by atoms with Gasteiger partial charge in [0, 0.05) is 19.1 Å². The van der Waals surface area contributed by atoms with Crippen LogP contribution in [-0.4, -0.2) is 42.8 Å². The fraction of sp³-hybridized carbons (Fsp3) is 0.938. The first-order chi connectivity index (χ1) is 9.23. The Hall–Kier alpha value is -0.770. The maximum Gasteiger partial charge on any atom is 0.410 e. The summed E-state index contributed by atoms with van der Waals surface area (Å²) in [7, 11) is 2.03. The number of rotatable bonds is 5. The van der Waals surface area contributed by atoms with E-state index >= 15 is 0 Å². The Morgan fingerprint density at radius 2 is 2.00 bits per heavy atom. The van der Waals surface area contributed by atoms with Crippen molar-refractivity contribution in [1.29, 1.82) is 0 Å². The van der Waals surface area contributed by atoms with E-state index in [0.29, 0.717) is 12.0 Å². The second-order valence-corrected chi connectivity index (χ2v) is 7.34. The highest BCUT2D eigenvalue weighted by atomic mass is 16.6. The van der Waals surface area contributed by atoms with Crippen LogP contribution in [0.4, 0.5) is 4.79 Å². The normalized spacial score (nSPS) is 21.4. The second-order valence-electron chi connectivity index (χ2n) is 7.34. The number of nitrogens with one attached hydrogen (secondary N) is 1. The molecule has 20 heavy (non-hydrogen) atoms. The Kier molecular flexibility index (Phi) is 6.31. The van der Waals surface area contributed by atoms with Gasteiger partial charge in [0.1, 0.15) is 5.60 Å². The van der Waals surface area contributed by atoms with Gasteiger partial charge in [-0.1, -0.05) is 13.8 Å². The van der Waals surface area contributed by atoms with Crippen LogP contribution >= 0.6 is 0 Å². The van der Waals surface area contributed by atoms with E-state index < -0.39 is 5.60 Å². The minimum absolute atomic E-state index is 0.168. The van der Waals surface area contributed by atoms with E-state index in [2.05, 4.69) is 19.2 Å². The lowest BCUT2D eigenvalue weighted by Gasteiger charge is -2.26. The molecule has 2 atom stereocenters. The van der Waals surface area contributed by atoms with Crippen molar-refractivity contribution in [2.75, 3.05) is 20.1 Å². The molecule has 1 fully saturated rings. The lowest BCUT2D eigenvalue weighted by Crippen LogP contribution is -2.39. The van der Waals surface area contributed by atoms with Crippen LogP contribution in [0.1, 0.15) is 53.9 Å². The molecule has 1 rings (SSSR count). The average Bonchev–Trinajstić information content (AvgIpc) is 2.76. The van der Waals surface area contributed by atoms with Gasteiger partial charge in [-0.05, 0) is 58.9 Å². The Balaban J connectivity index is 2.46. The average molecular weight is 284 g/mol. The zero-order valence-electron chi connectivity index (χ0n) is 14.0. The lowest BCUT2D eigenvalue weighted by molar-refractivity contribution is 0.0285. The molecule has 1 aliphatic heterocycles. The molecule has 4 nitrogen and oxygen atoms in total. The lowest BCUT2D eigenvalue weighted by atomic mass is 9.92. The van der Waals surface area contributed by atoms with E-state index in [4.69, 9.17) is 4.74 Å². The van der Waals surface area contributed by atoms with Crippen molar-refractivity contribution in [3.63, 3.8) is 0 Å². The standard InChI is InChI=1S/C16H32N2O2/c1-12(2)7-8-14(17-6)13-9-10-18(11-13)15(19)20-16(3,4)5/h12-14,17H,7-11H2,1-6H3. The third kappa shape index (κ3) is 5.70. The molecule has 1 amide bonds. The van der Waals surface area contributed by atoms with Gasteiger partial charge in [0.15, 0.2) is 0 Å². The highest BCUT2D eigenvalue weighted by Gasteiger charge is 2.33. The van der Waals surface area contributed by atoms with E-state index in [1.165, 1.54) is 12.8 Å². The molecule has 0 bridgehead atoms. The van der Waals surface area contributed by atoms with Gasteiger partial charge in [-0.15, -0.1) is 0 Å². The predicted octanol–water partition coefficient (Wildman–Crippen LogP) is 3.27. The molecule has 0 aromatic heterocycles. The molecule has 0 saturated carbocycles. The molecule has 1 N–H and O–H groups in total. The van der Waals surface area contributed by atoms with Gasteiger partial charge >= 0.3 is 6.09 Å².